The summed E-state index contributed by atoms with van der Waals surface area (Å²) in [7, 11) is 1.73. The van der Waals surface area contributed by atoms with Gasteiger partial charge in [-0.2, -0.15) is 10.2 Å². The lowest BCUT2D eigenvalue weighted by Gasteiger charge is -2.29. The quantitative estimate of drug-likeness (QED) is 0.465. The molecule has 1 saturated heterocycles. The van der Waals surface area contributed by atoms with Gasteiger partial charge in [-0.25, -0.2) is 10.2 Å². The van der Waals surface area contributed by atoms with Gasteiger partial charge in [-0.15, -0.1) is 0 Å². The summed E-state index contributed by atoms with van der Waals surface area (Å²) in [6, 6.07) is 16.2. The Balaban J connectivity index is 1.24. The summed E-state index contributed by atoms with van der Waals surface area (Å²) < 4.78 is 0. The van der Waals surface area contributed by atoms with Crippen molar-refractivity contribution in [2.75, 3.05) is 48.5 Å². The van der Waals surface area contributed by atoms with E-state index in [0.717, 1.165) is 48.7 Å². The third-order valence-corrected chi connectivity index (χ3v) is 6.86. The second-order valence-electron chi connectivity index (χ2n) is 9.09. The van der Waals surface area contributed by atoms with Gasteiger partial charge in [0.05, 0.1) is 22.5 Å². The molecule has 3 aliphatic rings. The zero-order valence-electron chi connectivity index (χ0n) is 20.3. The van der Waals surface area contributed by atoms with E-state index in [4.69, 9.17) is 0 Å². The van der Waals surface area contributed by atoms with Crippen molar-refractivity contribution >= 4 is 34.6 Å². The number of carbonyl (C=O) groups is 2. The molecule has 10 nitrogen and oxygen atoms in total. The number of nitrogens with zero attached hydrogens (tertiary/aromatic N) is 5. The van der Waals surface area contributed by atoms with Gasteiger partial charge < -0.3 is 15.5 Å². The van der Waals surface area contributed by atoms with Crippen LogP contribution in [0.5, 0.6) is 0 Å². The molecule has 1 atom stereocenters. The van der Waals surface area contributed by atoms with Gasteiger partial charge in [0.2, 0.25) is 0 Å². The zero-order valence-corrected chi connectivity index (χ0v) is 20.3. The lowest BCUT2D eigenvalue weighted by Crippen LogP contribution is -2.43. The van der Waals surface area contributed by atoms with Gasteiger partial charge in [-0.05, 0) is 35.9 Å². The van der Waals surface area contributed by atoms with Gasteiger partial charge in [0.1, 0.15) is 11.7 Å². The number of rotatable bonds is 5. The highest BCUT2D eigenvalue weighted by molar-refractivity contribution is 6.22. The van der Waals surface area contributed by atoms with Crippen molar-refractivity contribution in [2.24, 2.45) is 10.2 Å². The van der Waals surface area contributed by atoms with Gasteiger partial charge in [-0.3, -0.25) is 14.8 Å². The number of hydrogen-bond acceptors (Lipinski definition) is 8. The number of urea groups is 1. The van der Waals surface area contributed by atoms with E-state index in [1.165, 1.54) is 0 Å². The lowest BCUT2D eigenvalue weighted by atomic mass is 10.0. The van der Waals surface area contributed by atoms with Gasteiger partial charge >= 0.3 is 6.03 Å². The fourth-order valence-electron chi connectivity index (χ4n) is 5.00. The smallest absolute Gasteiger partial charge is 0.338 e. The molecular weight excluding hydrogens is 468 g/mol. The highest BCUT2D eigenvalue weighted by Gasteiger charge is 2.42. The van der Waals surface area contributed by atoms with Crippen molar-refractivity contribution in [3.8, 4) is 0 Å². The number of piperazine rings is 1. The number of aromatic nitrogens is 1. The molecule has 3 heterocycles. The third kappa shape index (κ3) is 4.21. The monoisotopic (exact) mass is 494 g/mol. The number of anilines is 3. The highest BCUT2D eigenvalue weighted by Crippen LogP contribution is 2.49. The van der Waals surface area contributed by atoms with Gasteiger partial charge in [0.25, 0.3) is 0 Å². The van der Waals surface area contributed by atoms with E-state index in [2.05, 4.69) is 48.3 Å². The molecule has 186 valence electrons. The molecule has 0 spiro atoms. The number of Topliss-reactive ketones (excluding diaryl/α,β-unsaturated/α-hetero) is 1. The van der Waals surface area contributed by atoms with Crippen LogP contribution in [0, 0.1) is 0 Å². The SMILES string of the molecule is CN(NC(=O)Nc1cccc2c1C(=O)C1=C(c3ccc(N4CCNCC4)cc3)N=NC12)c1ccncc1. The highest BCUT2D eigenvalue weighted by atomic mass is 16.2. The number of benzene rings is 2. The summed E-state index contributed by atoms with van der Waals surface area (Å²) >= 11 is 0. The van der Waals surface area contributed by atoms with Crippen molar-refractivity contribution in [2.45, 2.75) is 6.04 Å². The number of hydrazine groups is 1. The van der Waals surface area contributed by atoms with Crippen molar-refractivity contribution in [1.82, 2.24) is 15.7 Å². The Bertz CT molecular complexity index is 1410. The number of azo groups is 1. The first-order valence-electron chi connectivity index (χ1n) is 12.2. The summed E-state index contributed by atoms with van der Waals surface area (Å²) in [5.74, 6) is -0.162. The minimum atomic E-state index is -0.463. The molecule has 37 heavy (non-hydrogen) atoms. The van der Waals surface area contributed by atoms with Crippen LogP contribution in [0.4, 0.5) is 21.9 Å². The Morgan fingerprint density at radius 3 is 2.57 bits per heavy atom. The topological polar surface area (TPSA) is 114 Å². The molecule has 1 unspecified atom stereocenters. The van der Waals surface area contributed by atoms with Crippen LogP contribution < -0.4 is 26.0 Å². The average molecular weight is 495 g/mol. The van der Waals surface area contributed by atoms with E-state index in [9.17, 15) is 9.59 Å². The molecule has 3 aromatic rings. The molecule has 3 N–H and O–H groups in total. The van der Waals surface area contributed by atoms with Crippen LogP contribution in [-0.4, -0.2) is 50.0 Å². The van der Waals surface area contributed by atoms with Gasteiger partial charge in [0.15, 0.2) is 5.78 Å². The summed E-state index contributed by atoms with van der Waals surface area (Å²) in [6.45, 7) is 3.86. The second kappa shape index (κ2) is 9.47. The van der Waals surface area contributed by atoms with E-state index < -0.39 is 12.1 Å². The largest absolute Gasteiger partial charge is 0.369 e. The first kappa shape index (κ1) is 22.9. The Hall–Kier alpha value is -4.57. The Morgan fingerprint density at radius 2 is 1.81 bits per heavy atom. The summed E-state index contributed by atoms with van der Waals surface area (Å²) in [5, 5.41) is 16.6. The van der Waals surface area contributed by atoms with Crippen molar-refractivity contribution < 1.29 is 9.59 Å². The fourth-order valence-corrected chi connectivity index (χ4v) is 5.00. The predicted octanol–water partition coefficient (Wildman–Crippen LogP) is 3.78. The maximum atomic E-state index is 13.6. The summed E-state index contributed by atoms with van der Waals surface area (Å²) in [6.07, 6.45) is 3.29. The second-order valence-corrected chi connectivity index (χ2v) is 9.09. The molecule has 2 aromatic carbocycles. The first-order valence-corrected chi connectivity index (χ1v) is 12.2. The molecule has 0 saturated carbocycles. The molecule has 2 amide bonds. The summed E-state index contributed by atoms with van der Waals surface area (Å²) in [5.41, 5.74) is 8.31. The molecular formula is C27H26N8O2. The van der Waals surface area contributed by atoms with Crippen molar-refractivity contribution in [1.29, 1.82) is 0 Å². The standard InChI is InChI=1S/C27H26N8O2/c1-34(18-9-11-28-12-10-18)33-27(37)30-21-4-2-3-20-22(21)26(36)23-24(31-32-25(20)23)17-5-7-19(8-6-17)35-15-13-29-14-16-35/h2-12,25,29H,13-16H2,1H3,(H2,30,33,37). The van der Waals surface area contributed by atoms with E-state index in [-0.39, 0.29) is 5.78 Å². The fraction of sp³-hybridized carbons (Fsp3) is 0.222. The van der Waals surface area contributed by atoms with E-state index in [1.807, 2.05) is 24.3 Å². The molecule has 1 aliphatic carbocycles. The van der Waals surface area contributed by atoms with E-state index >= 15 is 0 Å². The van der Waals surface area contributed by atoms with Crippen LogP contribution in [0.2, 0.25) is 0 Å². The molecule has 0 bridgehead atoms. The number of nitrogens with one attached hydrogen (secondary N) is 3. The molecule has 1 aromatic heterocycles. The molecule has 1 fully saturated rings. The summed E-state index contributed by atoms with van der Waals surface area (Å²) in [4.78, 5) is 32.7. The molecule has 6 rings (SSSR count). The van der Waals surface area contributed by atoms with Crippen LogP contribution in [0.1, 0.15) is 27.5 Å². The van der Waals surface area contributed by atoms with Gasteiger partial charge in [0, 0.05) is 56.9 Å². The number of ketones is 1. The maximum absolute atomic E-state index is 13.6. The number of amides is 2. The predicted molar refractivity (Wildman–Crippen MR) is 142 cm³/mol. The van der Waals surface area contributed by atoms with E-state index in [1.54, 1.807) is 42.6 Å². The maximum Gasteiger partial charge on any atom is 0.338 e. The molecule has 0 radical (unpaired) electrons. The first-order chi connectivity index (χ1) is 18.1. The average Bonchev–Trinajstić information content (AvgIpc) is 3.50. The third-order valence-electron chi connectivity index (χ3n) is 6.86. The normalized spacial score (nSPS) is 18.0. The number of fused-ring (bicyclic) bond motifs is 3. The molecule has 10 heteroatoms. The lowest BCUT2D eigenvalue weighted by molar-refractivity contribution is 0.103. The van der Waals surface area contributed by atoms with E-state index in [0.29, 0.717) is 22.5 Å². The minimum absolute atomic E-state index is 0.162. The van der Waals surface area contributed by atoms with Crippen LogP contribution >= 0.6 is 0 Å². The Morgan fingerprint density at radius 1 is 1.05 bits per heavy atom. The number of hydrogen-bond donors (Lipinski definition) is 3. The van der Waals surface area contributed by atoms with Crippen LogP contribution in [0.25, 0.3) is 5.70 Å². The van der Waals surface area contributed by atoms with Gasteiger partial charge in [-0.1, -0.05) is 24.3 Å². The minimum Gasteiger partial charge on any atom is -0.369 e. The Labute approximate surface area is 214 Å². The number of pyridine rings is 1. The Kier molecular flexibility index (Phi) is 5.85. The zero-order chi connectivity index (χ0) is 25.4. The van der Waals surface area contributed by atoms with Crippen LogP contribution in [-0.2, 0) is 0 Å². The number of carbonyl (C=O) groups excluding carboxylic acids is 2. The van der Waals surface area contributed by atoms with Crippen molar-refractivity contribution in [3.63, 3.8) is 0 Å². The van der Waals surface area contributed by atoms with Crippen LogP contribution in [0.3, 0.4) is 0 Å². The molecule has 2 aliphatic heterocycles. The van der Waals surface area contributed by atoms with Crippen molar-refractivity contribution in [3.05, 3.63) is 89.3 Å². The van der Waals surface area contributed by atoms with Crippen LogP contribution in [0.15, 0.2) is 82.8 Å².